The highest BCUT2D eigenvalue weighted by Gasteiger charge is 2.31. The van der Waals surface area contributed by atoms with E-state index < -0.39 is 18.1 Å². The Labute approximate surface area is 194 Å². The third kappa shape index (κ3) is 5.37. The molecule has 1 fully saturated rings. The molecule has 2 aromatic rings. The summed E-state index contributed by atoms with van der Waals surface area (Å²) in [5.41, 5.74) is 4.58. The first-order valence-electron chi connectivity index (χ1n) is 11.7. The van der Waals surface area contributed by atoms with E-state index in [9.17, 15) is 14.7 Å². The summed E-state index contributed by atoms with van der Waals surface area (Å²) in [6.45, 7) is 4.44. The second-order valence-corrected chi connectivity index (χ2v) is 8.72. The highest BCUT2D eigenvalue weighted by Crippen LogP contribution is 2.44. The second-order valence-electron chi connectivity index (χ2n) is 8.72. The highest BCUT2D eigenvalue weighted by molar-refractivity contribution is 5.81. The first-order valence-corrected chi connectivity index (χ1v) is 11.7. The van der Waals surface area contributed by atoms with Crippen molar-refractivity contribution in [3.05, 3.63) is 59.7 Å². The topological polar surface area (TPSA) is 79.3 Å². The summed E-state index contributed by atoms with van der Waals surface area (Å²) < 4.78 is 11.0. The average molecular weight is 453 g/mol. The van der Waals surface area contributed by atoms with E-state index in [1.54, 1.807) is 0 Å². The fourth-order valence-electron chi connectivity index (χ4n) is 4.80. The Morgan fingerprint density at radius 2 is 1.67 bits per heavy atom. The largest absolute Gasteiger partial charge is 0.480 e. The van der Waals surface area contributed by atoms with Crippen LogP contribution in [0.15, 0.2) is 48.5 Å². The molecule has 176 valence electrons. The number of hydrogen-bond donors (Lipinski definition) is 1. The normalized spacial score (nSPS) is 16.6. The van der Waals surface area contributed by atoms with E-state index in [0.717, 1.165) is 67.9 Å². The molecule has 2 aliphatic rings. The SMILES string of the molecule is CN(C(=O)OCC1c2ccccc2-c2ccccc21)C(CCCCN1CCOCC1)C(=O)O. The summed E-state index contributed by atoms with van der Waals surface area (Å²) in [5, 5.41) is 9.70. The van der Waals surface area contributed by atoms with Crippen molar-refractivity contribution in [2.45, 2.75) is 31.2 Å². The summed E-state index contributed by atoms with van der Waals surface area (Å²) in [5.74, 6) is -1.05. The number of benzene rings is 2. The zero-order valence-corrected chi connectivity index (χ0v) is 19.1. The number of amides is 1. The monoisotopic (exact) mass is 452 g/mol. The number of carbonyl (C=O) groups excluding carboxylic acids is 1. The first-order chi connectivity index (χ1) is 16.1. The molecule has 0 aromatic heterocycles. The van der Waals surface area contributed by atoms with Crippen molar-refractivity contribution in [3.8, 4) is 11.1 Å². The molecule has 0 spiro atoms. The van der Waals surface area contributed by atoms with E-state index in [1.165, 1.54) is 11.9 Å². The van der Waals surface area contributed by atoms with Crippen molar-refractivity contribution in [2.24, 2.45) is 0 Å². The molecule has 1 aliphatic heterocycles. The minimum atomic E-state index is -1.00. The highest BCUT2D eigenvalue weighted by atomic mass is 16.6. The number of morpholine rings is 1. The van der Waals surface area contributed by atoms with E-state index in [0.29, 0.717) is 6.42 Å². The average Bonchev–Trinajstić information content (AvgIpc) is 3.16. The lowest BCUT2D eigenvalue weighted by molar-refractivity contribution is -0.142. The fraction of sp³-hybridized carbons (Fsp3) is 0.462. The smallest absolute Gasteiger partial charge is 0.410 e. The number of carboxylic acids is 1. The molecule has 1 atom stereocenters. The van der Waals surface area contributed by atoms with Gasteiger partial charge in [0.2, 0.25) is 0 Å². The minimum absolute atomic E-state index is 0.0495. The van der Waals surface area contributed by atoms with Gasteiger partial charge in [-0.05, 0) is 48.1 Å². The van der Waals surface area contributed by atoms with Crippen LogP contribution >= 0.6 is 0 Å². The Balaban J connectivity index is 1.32. The van der Waals surface area contributed by atoms with E-state index in [2.05, 4.69) is 29.2 Å². The van der Waals surface area contributed by atoms with Crippen LogP contribution in [0.25, 0.3) is 11.1 Å². The Bertz CT molecular complexity index is 927. The van der Waals surface area contributed by atoms with Gasteiger partial charge in [-0.15, -0.1) is 0 Å². The molecule has 1 heterocycles. The van der Waals surface area contributed by atoms with Crippen LogP contribution in [0.4, 0.5) is 4.79 Å². The van der Waals surface area contributed by atoms with Crippen molar-refractivity contribution in [3.63, 3.8) is 0 Å². The lowest BCUT2D eigenvalue weighted by atomic mass is 9.98. The maximum absolute atomic E-state index is 12.8. The first kappa shape index (κ1) is 23.3. The maximum Gasteiger partial charge on any atom is 0.410 e. The van der Waals surface area contributed by atoms with Gasteiger partial charge in [-0.25, -0.2) is 9.59 Å². The predicted octanol–water partition coefficient (Wildman–Crippen LogP) is 3.82. The van der Waals surface area contributed by atoms with Gasteiger partial charge >= 0.3 is 12.1 Å². The molecule has 0 saturated carbocycles. The van der Waals surface area contributed by atoms with E-state index in [4.69, 9.17) is 9.47 Å². The van der Waals surface area contributed by atoms with Crippen LogP contribution in [0.2, 0.25) is 0 Å². The van der Waals surface area contributed by atoms with Crippen LogP contribution in [0.1, 0.15) is 36.3 Å². The van der Waals surface area contributed by atoms with Crippen LogP contribution < -0.4 is 0 Å². The van der Waals surface area contributed by atoms with Gasteiger partial charge < -0.3 is 14.6 Å². The van der Waals surface area contributed by atoms with Crippen molar-refractivity contribution in [2.75, 3.05) is 46.5 Å². The van der Waals surface area contributed by atoms with E-state index >= 15 is 0 Å². The number of likely N-dealkylation sites (N-methyl/N-ethyl adjacent to an activating group) is 1. The van der Waals surface area contributed by atoms with Gasteiger partial charge in [0.15, 0.2) is 0 Å². The molecular weight excluding hydrogens is 420 g/mol. The van der Waals surface area contributed by atoms with Crippen LogP contribution in [-0.2, 0) is 14.3 Å². The third-order valence-electron chi connectivity index (χ3n) is 6.68. The molecule has 0 bridgehead atoms. The van der Waals surface area contributed by atoms with Crippen LogP contribution in [-0.4, -0.2) is 79.5 Å². The van der Waals surface area contributed by atoms with Crippen molar-refractivity contribution >= 4 is 12.1 Å². The lowest BCUT2D eigenvalue weighted by Crippen LogP contribution is -2.43. The summed E-state index contributed by atoms with van der Waals surface area (Å²) in [6.07, 6.45) is 1.43. The van der Waals surface area contributed by atoms with Gasteiger partial charge in [-0.2, -0.15) is 0 Å². The van der Waals surface area contributed by atoms with Gasteiger partial charge in [0.25, 0.3) is 0 Å². The molecule has 2 aromatic carbocycles. The zero-order chi connectivity index (χ0) is 23.2. The maximum atomic E-state index is 12.8. The van der Waals surface area contributed by atoms with Gasteiger partial charge in [-0.3, -0.25) is 9.80 Å². The summed E-state index contributed by atoms with van der Waals surface area (Å²) >= 11 is 0. The van der Waals surface area contributed by atoms with Gasteiger partial charge in [0, 0.05) is 26.1 Å². The van der Waals surface area contributed by atoms with Crippen molar-refractivity contribution in [1.29, 1.82) is 0 Å². The Hall–Kier alpha value is -2.90. The number of carbonyl (C=O) groups is 2. The van der Waals surface area contributed by atoms with Crippen molar-refractivity contribution < 1.29 is 24.2 Å². The van der Waals surface area contributed by atoms with Crippen molar-refractivity contribution in [1.82, 2.24) is 9.80 Å². The van der Waals surface area contributed by atoms with E-state index in [-0.39, 0.29) is 12.5 Å². The van der Waals surface area contributed by atoms with Gasteiger partial charge in [0.1, 0.15) is 12.6 Å². The molecule has 1 N–H and O–H groups in total. The number of unbranched alkanes of at least 4 members (excludes halogenated alkanes) is 1. The molecular formula is C26H32N2O5. The summed E-state index contributed by atoms with van der Waals surface area (Å²) in [4.78, 5) is 28.2. The summed E-state index contributed by atoms with van der Waals surface area (Å²) in [7, 11) is 1.51. The molecule has 1 unspecified atom stereocenters. The van der Waals surface area contributed by atoms with Gasteiger partial charge in [0.05, 0.1) is 13.2 Å². The van der Waals surface area contributed by atoms with Crippen LogP contribution in [0.5, 0.6) is 0 Å². The Morgan fingerprint density at radius 3 is 2.27 bits per heavy atom. The lowest BCUT2D eigenvalue weighted by Gasteiger charge is -2.27. The van der Waals surface area contributed by atoms with Crippen LogP contribution in [0, 0.1) is 0 Å². The van der Waals surface area contributed by atoms with Crippen LogP contribution in [0.3, 0.4) is 0 Å². The predicted molar refractivity (Wildman–Crippen MR) is 125 cm³/mol. The number of aliphatic carboxylic acids is 1. The number of carboxylic acid groups (broad SMARTS) is 1. The quantitative estimate of drug-likeness (QED) is 0.583. The number of ether oxygens (including phenoxy) is 2. The molecule has 0 radical (unpaired) electrons. The molecule has 1 saturated heterocycles. The number of fused-ring (bicyclic) bond motifs is 3. The van der Waals surface area contributed by atoms with E-state index in [1.807, 2.05) is 24.3 Å². The molecule has 33 heavy (non-hydrogen) atoms. The standard InChI is InChI=1S/C26H32N2O5/c1-27(24(25(29)30)12-6-7-13-28-14-16-32-17-15-28)26(31)33-18-23-21-10-4-2-8-19(21)20-9-3-5-11-22(20)23/h2-5,8-11,23-24H,6-7,12-18H2,1H3,(H,29,30). The number of rotatable bonds is 9. The zero-order valence-electron chi connectivity index (χ0n) is 19.1. The molecule has 1 amide bonds. The molecule has 7 nitrogen and oxygen atoms in total. The third-order valence-corrected chi connectivity index (χ3v) is 6.68. The Kier molecular flexibility index (Phi) is 7.62. The van der Waals surface area contributed by atoms with Gasteiger partial charge in [-0.1, -0.05) is 48.5 Å². The minimum Gasteiger partial charge on any atom is -0.480 e. The fourth-order valence-corrected chi connectivity index (χ4v) is 4.80. The molecule has 4 rings (SSSR count). The Morgan fingerprint density at radius 1 is 1.06 bits per heavy atom. The summed E-state index contributed by atoms with van der Waals surface area (Å²) in [6, 6.07) is 15.4. The molecule has 7 heteroatoms. The second kappa shape index (κ2) is 10.8. The number of hydrogen-bond acceptors (Lipinski definition) is 5. The number of nitrogens with zero attached hydrogens (tertiary/aromatic N) is 2. The molecule has 1 aliphatic carbocycles.